The Morgan fingerprint density at radius 2 is 1.95 bits per heavy atom. The van der Waals surface area contributed by atoms with Crippen molar-refractivity contribution in [3.63, 3.8) is 0 Å². The molecule has 0 spiro atoms. The highest BCUT2D eigenvalue weighted by Crippen LogP contribution is 2.24. The van der Waals surface area contributed by atoms with Gasteiger partial charge in [0.25, 0.3) is 0 Å². The van der Waals surface area contributed by atoms with Crippen LogP contribution in [0.2, 0.25) is 10.0 Å². The smallest absolute Gasteiger partial charge is 0.119 e. The van der Waals surface area contributed by atoms with E-state index in [9.17, 15) is 5.11 Å². The van der Waals surface area contributed by atoms with Crippen LogP contribution < -0.4 is 4.74 Å². The molecule has 0 saturated carbocycles. The molecule has 4 heteroatoms. The molecule has 2 aromatic rings. The second-order valence-corrected chi connectivity index (χ2v) is 5.33. The Labute approximate surface area is 128 Å². The number of aliphatic hydroxyl groups excluding tert-OH is 1. The van der Waals surface area contributed by atoms with E-state index in [2.05, 4.69) is 0 Å². The predicted octanol–water partition coefficient (Wildman–Crippen LogP) is 4.67. The third-order valence-corrected chi connectivity index (χ3v) is 3.64. The van der Waals surface area contributed by atoms with Gasteiger partial charge in [-0.25, -0.2) is 0 Å². The van der Waals surface area contributed by atoms with Gasteiger partial charge in [0, 0.05) is 10.0 Å². The average Bonchev–Trinajstić information content (AvgIpc) is 2.46. The molecule has 0 heterocycles. The topological polar surface area (TPSA) is 29.5 Å². The van der Waals surface area contributed by atoms with E-state index in [-0.39, 0.29) is 6.61 Å². The zero-order valence-electron chi connectivity index (χ0n) is 11.1. The van der Waals surface area contributed by atoms with Crippen LogP contribution in [-0.2, 0) is 6.42 Å². The number of aryl methyl sites for hydroxylation is 1. The van der Waals surface area contributed by atoms with E-state index in [1.807, 2.05) is 25.1 Å². The molecule has 0 amide bonds. The molecule has 20 heavy (non-hydrogen) atoms. The van der Waals surface area contributed by atoms with E-state index >= 15 is 0 Å². The molecule has 106 valence electrons. The van der Waals surface area contributed by atoms with Gasteiger partial charge in [-0.2, -0.15) is 0 Å². The van der Waals surface area contributed by atoms with Gasteiger partial charge in [0.1, 0.15) is 18.5 Å². The van der Waals surface area contributed by atoms with E-state index in [0.717, 1.165) is 22.6 Å². The third kappa shape index (κ3) is 3.89. The second kappa shape index (κ2) is 6.98. The summed E-state index contributed by atoms with van der Waals surface area (Å²) in [6.45, 7) is 2.21. The van der Waals surface area contributed by atoms with Gasteiger partial charge in [-0.1, -0.05) is 42.3 Å². The monoisotopic (exact) mass is 310 g/mol. The Balaban J connectivity index is 2.01. The number of ether oxygens (including phenoxy) is 1. The quantitative estimate of drug-likeness (QED) is 0.869. The maximum atomic E-state index is 10.1. The van der Waals surface area contributed by atoms with Crippen molar-refractivity contribution in [2.45, 2.75) is 19.4 Å². The predicted molar refractivity (Wildman–Crippen MR) is 82.7 cm³/mol. The van der Waals surface area contributed by atoms with Gasteiger partial charge in [-0.3, -0.25) is 0 Å². The van der Waals surface area contributed by atoms with E-state index in [1.165, 1.54) is 0 Å². The molecule has 0 fully saturated rings. The van der Waals surface area contributed by atoms with Crippen LogP contribution in [0.5, 0.6) is 5.75 Å². The number of halogens is 2. The Bertz CT molecular complexity index is 584. The fourth-order valence-corrected chi connectivity index (χ4v) is 2.35. The molecule has 0 saturated heterocycles. The van der Waals surface area contributed by atoms with Crippen LogP contribution in [0.25, 0.3) is 0 Å². The first-order valence-corrected chi connectivity index (χ1v) is 7.20. The lowest BCUT2D eigenvalue weighted by Crippen LogP contribution is -2.09. The fraction of sp³-hybridized carbons (Fsp3) is 0.250. The molecule has 2 aromatic carbocycles. The number of benzene rings is 2. The lowest BCUT2D eigenvalue weighted by Gasteiger charge is -2.14. The Morgan fingerprint density at radius 1 is 1.15 bits per heavy atom. The Hall–Kier alpha value is -1.22. The molecule has 0 aliphatic carbocycles. The summed E-state index contributed by atoms with van der Waals surface area (Å²) >= 11 is 11.9. The van der Waals surface area contributed by atoms with E-state index in [4.69, 9.17) is 27.9 Å². The van der Waals surface area contributed by atoms with Crippen molar-refractivity contribution in [1.82, 2.24) is 0 Å². The first-order valence-electron chi connectivity index (χ1n) is 6.45. The van der Waals surface area contributed by atoms with Gasteiger partial charge >= 0.3 is 0 Å². The van der Waals surface area contributed by atoms with Crippen LogP contribution in [0.1, 0.15) is 24.2 Å². The van der Waals surface area contributed by atoms with E-state index in [0.29, 0.717) is 10.8 Å². The molecule has 1 N–H and O–H groups in total. The second-order valence-electron chi connectivity index (χ2n) is 4.49. The summed E-state index contributed by atoms with van der Waals surface area (Å²) in [4.78, 5) is 0. The zero-order valence-corrected chi connectivity index (χ0v) is 12.7. The maximum absolute atomic E-state index is 10.1. The van der Waals surface area contributed by atoms with Crippen molar-refractivity contribution in [3.05, 3.63) is 63.6 Å². The lowest BCUT2D eigenvalue weighted by molar-refractivity contribution is 0.108. The van der Waals surface area contributed by atoms with E-state index < -0.39 is 6.10 Å². The normalized spacial score (nSPS) is 12.2. The van der Waals surface area contributed by atoms with E-state index in [1.54, 1.807) is 24.3 Å². The van der Waals surface area contributed by atoms with Crippen LogP contribution in [0.4, 0.5) is 0 Å². The highest BCUT2D eigenvalue weighted by molar-refractivity contribution is 6.31. The third-order valence-electron chi connectivity index (χ3n) is 3.04. The molecule has 0 bridgehead atoms. The van der Waals surface area contributed by atoms with Crippen molar-refractivity contribution in [2.24, 2.45) is 0 Å². The number of hydrogen-bond donors (Lipinski definition) is 1. The maximum Gasteiger partial charge on any atom is 0.119 e. The minimum absolute atomic E-state index is 0.172. The number of aliphatic hydroxyl groups is 1. The number of rotatable bonds is 5. The number of hydrogen-bond acceptors (Lipinski definition) is 2. The highest BCUT2D eigenvalue weighted by atomic mass is 35.5. The van der Waals surface area contributed by atoms with Gasteiger partial charge in [-0.05, 0) is 47.9 Å². The summed E-state index contributed by atoms with van der Waals surface area (Å²) in [5.41, 5.74) is 1.77. The molecule has 0 aliphatic rings. The highest BCUT2D eigenvalue weighted by Gasteiger charge is 2.09. The Morgan fingerprint density at radius 3 is 2.65 bits per heavy atom. The summed E-state index contributed by atoms with van der Waals surface area (Å²) in [6.07, 6.45) is 0.127. The van der Waals surface area contributed by atoms with Crippen LogP contribution in [-0.4, -0.2) is 11.7 Å². The van der Waals surface area contributed by atoms with Crippen molar-refractivity contribution in [2.75, 3.05) is 6.61 Å². The standard InChI is InChI=1S/C16H16Cl2O2/c1-2-11-9-14(6-7-15(11)18)20-10-16(19)12-4-3-5-13(17)8-12/h3-9,16,19H,2,10H2,1H3. The van der Waals surface area contributed by atoms with Gasteiger partial charge in [-0.15, -0.1) is 0 Å². The molecular formula is C16H16Cl2O2. The summed E-state index contributed by atoms with van der Waals surface area (Å²) in [7, 11) is 0. The molecular weight excluding hydrogens is 295 g/mol. The SMILES string of the molecule is CCc1cc(OCC(O)c2cccc(Cl)c2)ccc1Cl. The minimum atomic E-state index is -0.713. The van der Waals surface area contributed by atoms with Crippen LogP contribution in [0, 0.1) is 0 Å². The Kier molecular flexibility index (Phi) is 5.30. The zero-order chi connectivity index (χ0) is 14.5. The lowest BCUT2D eigenvalue weighted by atomic mass is 10.1. The van der Waals surface area contributed by atoms with Crippen LogP contribution in [0.15, 0.2) is 42.5 Å². The molecule has 1 atom stereocenters. The first-order chi connectivity index (χ1) is 9.60. The largest absolute Gasteiger partial charge is 0.491 e. The van der Waals surface area contributed by atoms with Crippen molar-refractivity contribution in [3.8, 4) is 5.75 Å². The molecule has 2 rings (SSSR count). The summed E-state index contributed by atoms with van der Waals surface area (Å²) in [5, 5.41) is 11.4. The van der Waals surface area contributed by atoms with Gasteiger partial charge < -0.3 is 9.84 Å². The van der Waals surface area contributed by atoms with Crippen LogP contribution >= 0.6 is 23.2 Å². The van der Waals surface area contributed by atoms with Crippen LogP contribution in [0.3, 0.4) is 0 Å². The fourth-order valence-electron chi connectivity index (χ4n) is 1.90. The molecule has 0 aliphatic heterocycles. The average molecular weight is 311 g/mol. The summed E-state index contributed by atoms with van der Waals surface area (Å²) in [5.74, 6) is 0.701. The molecule has 1 unspecified atom stereocenters. The minimum Gasteiger partial charge on any atom is -0.491 e. The molecule has 0 aromatic heterocycles. The summed E-state index contributed by atoms with van der Waals surface area (Å²) in [6, 6.07) is 12.6. The van der Waals surface area contributed by atoms with Crippen molar-refractivity contribution < 1.29 is 9.84 Å². The van der Waals surface area contributed by atoms with Crippen molar-refractivity contribution in [1.29, 1.82) is 0 Å². The summed E-state index contributed by atoms with van der Waals surface area (Å²) < 4.78 is 5.61. The van der Waals surface area contributed by atoms with Gasteiger partial charge in [0.2, 0.25) is 0 Å². The van der Waals surface area contributed by atoms with Gasteiger partial charge in [0.05, 0.1) is 0 Å². The molecule has 2 nitrogen and oxygen atoms in total. The van der Waals surface area contributed by atoms with Crippen molar-refractivity contribution >= 4 is 23.2 Å². The molecule has 0 radical (unpaired) electrons. The van der Waals surface area contributed by atoms with Gasteiger partial charge in [0.15, 0.2) is 0 Å². The first kappa shape index (κ1) is 15.2.